The molecular formula is C11H15N3O3S. The average Bonchev–Trinajstić information content (AvgIpc) is 2.82. The fraction of sp³-hybridized carbons (Fsp3) is 0.455. The Morgan fingerprint density at radius 1 is 1.50 bits per heavy atom. The lowest BCUT2D eigenvalue weighted by molar-refractivity contribution is -0.121. The standard InChI is InChI=1S/C11H15N3O3S/c1-8-4-5-10(13-7-8)18(16,17)14-11(15)9-3-2-6-12-9/h4-5,7,9,12H,2-3,6H2,1H3,(H,14,15)/t9-/m0/s1. The van der Waals surface area contributed by atoms with Crippen LogP contribution in [0.25, 0.3) is 0 Å². The molecule has 7 heteroatoms. The normalized spacial score (nSPS) is 19.7. The highest BCUT2D eigenvalue weighted by Gasteiger charge is 2.27. The van der Waals surface area contributed by atoms with E-state index in [2.05, 4.69) is 10.3 Å². The van der Waals surface area contributed by atoms with Crippen molar-refractivity contribution < 1.29 is 13.2 Å². The number of sulfonamides is 1. The van der Waals surface area contributed by atoms with E-state index in [0.29, 0.717) is 6.42 Å². The molecule has 1 aromatic heterocycles. The van der Waals surface area contributed by atoms with Crippen molar-refractivity contribution in [2.24, 2.45) is 0 Å². The molecule has 0 spiro atoms. The Morgan fingerprint density at radius 2 is 2.28 bits per heavy atom. The molecule has 6 nitrogen and oxygen atoms in total. The molecule has 0 saturated carbocycles. The minimum absolute atomic E-state index is 0.139. The molecule has 1 aromatic rings. The quantitative estimate of drug-likeness (QED) is 0.803. The molecule has 1 atom stereocenters. The number of hydrogen-bond acceptors (Lipinski definition) is 5. The number of amides is 1. The van der Waals surface area contributed by atoms with Gasteiger partial charge in [-0.25, -0.2) is 9.71 Å². The molecule has 0 bridgehead atoms. The van der Waals surface area contributed by atoms with Gasteiger partial charge in [-0.15, -0.1) is 0 Å². The Hall–Kier alpha value is -1.47. The second-order valence-electron chi connectivity index (χ2n) is 4.29. The maximum Gasteiger partial charge on any atom is 0.281 e. The second-order valence-corrected chi connectivity index (χ2v) is 5.92. The monoisotopic (exact) mass is 269 g/mol. The Bertz CT molecular complexity index is 533. The Labute approximate surface area is 106 Å². The van der Waals surface area contributed by atoms with E-state index in [1.54, 1.807) is 6.07 Å². The number of nitrogens with zero attached hydrogens (tertiary/aromatic N) is 1. The number of aryl methyl sites for hydroxylation is 1. The first-order valence-electron chi connectivity index (χ1n) is 5.72. The molecule has 1 aliphatic heterocycles. The lowest BCUT2D eigenvalue weighted by Gasteiger charge is -2.11. The minimum atomic E-state index is -3.86. The number of rotatable bonds is 3. The molecule has 0 aromatic carbocycles. The van der Waals surface area contributed by atoms with Crippen LogP contribution in [-0.4, -0.2) is 31.9 Å². The third-order valence-electron chi connectivity index (χ3n) is 2.77. The zero-order chi connectivity index (χ0) is 13.2. The van der Waals surface area contributed by atoms with E-state index >= 15 is 0 Å². The molecule has 98 valence electrons. The van der Waals surface area contributed by atoms with Crippen LogP contribution in [0.2, 0.25) is 0 Å². The Morgan fingerprint density at radius 3 is 2.83 bits per heavy atom. The maximum absolute atomic E-state index is 11.9. The fourth-order valence-corrected chi connectivity index (χ4v) is 2.73. The summed E-state index contributed by atoms with van der Waals surface area (Å²) in [7, 11) is -3.86. The summed E-state index contributed by atoms with van der Waals surface area (Å²) in [6.07, 6.45) is 2.98. The van der Waals surface area contributed by atoms with Gasteiger partial charge in [-0.05, 0) is 37.9 Å². The molecule has 1 fully saturated rings. The summed E-state index contributed by atoms with van der Waals surface area (Å²) >= 11 is 0. The van der Waals surface area contributed by atoms with E-state index in [1.165, 1.54) is 12.3 Å². The molecular weight excluding hydrogens is 254 g/mol. The van der Waals surface area contributed by atoms with Crippen LogP contribution in [0.15, 0.2) is 23.4 Å². The Kier molecular flexibility index (Phi) is 3.63. The van der Waals surface area contributed by atoms with Crippen molar-refractivity contribution in [2.45, 2.75) is 30.8 Å². The van der Waals surface area contributed by atoms with Gasteiger partial charge in [0.1, 0.15) is 0 Å². The van der Waals surface area contributed by atoms with Crippen LogP contribution in [0.4, 0.5) is 0 Å². The molecule has 1 aliphatic rings. The highest BCUT2D eigenvalue weighted by Crippen LogP contribution is 2.09. The summed E-state index contributed by atoms with van der Waals surface area (Å²) in [5, 5.41) is 2.80. The van der Waals surface area contributed by atoms with Gasteiger partial charge in [0, 0.05) is 6.20 Å². The Balaban J connectivity index is 2.11. The van der Waals surface area contributed by atoms with Crippen LogP contribution >= 0.6 is 0 Å². The van der Waals surface area contributed by atoms with Gasteiger partial charge in [0.2, 0.25) is 0 Å². The fourth-order valence-electron chi connectivity index (χ4n) is 1.78. The van der Waals surface area contributed by atoms with Crippen LogP contribution in [0.1, 0.15) is 18.4 Å². The minimum Gasteiger partial charge on any atom is -0.306 e. The molecule has 2 heterocycles. The van der Waals surface area contributed by atoms with E-state index in [4.69, 9.17) is 0 Å². The van der Waals surface area contributed by atoms with Gasteiger partial charge in [0.05, 0.1) is 6.04 Å². The number of carbonyl (C=O) groups is 1. The predicted octanol–water partition coefficient (Wildman–Crippen LogP) is -0.0531. The third-order valence-corrected chi connectivity index (χ3v) is 4.03. The van der Waals surface area contributed by atoms with Crippen molar-refractivity contribution in [1.29, 1.82) is 0 Å². The average molecular weight is 269 g/mol. The van der Waals surface area contributed by atoms with Gasteiger partial charge in [-0.2, -0.15) is 8.42 Å². The zero-order valence-electron chi connectivity index (χ0n) is 10.0. The van der Waals surface area contributed by atoms with Crippen LogP contribution in [0.3, 0.4) is 0 Å². The number of pyridine rings is 1. The van der Waals surface area contributed by atoms with E-state index in [0.717, 1.165) is 18.5 Å². The molecule has 1 amide bonds. The first-order chi connectivity index (χ1) is 8.49. The van der Waals surface area contributed by atoms with Crippen molar-refractivity contribution in [3.8, 4) is 0 Å². The summed E-state index contributed by atoms with van der Waals surface area (Å²) in [6.45, 7) is 2.55. The molecule has 2 N–H and O–H groups in total. The summed E-state index contributed by atoms with van der Waals surface area (Å²) < 4.78 is 25.8. The van der Waals surface area contributed by atoms with Gasteiger partial charge in [-0.1, -0.05) is 6.07 Å². The number of carbonyl (C=O) groups excluding carboxylic acids is 1. The number of nitrogens with one attached hydrogen (secondary N) is 2. The van der Waals surface area contributed by atoms with Gasteiger partial charge in [0.15, 0.2) is 5.03 Å². The van der Waals surface area contributed by atoms with Crippen molar-refractivity contribution in [1.82, 2.24) is 15.0 Å². The third kappa shape index (κ3) is 2.85. The highest BCUT2D eigenvalue weighted by atomic mass is 32.2. The van der Waals surface area contributed by atoms with Crippen LogP contribution < -0.4 is 10.0 Å². The van der Waals surface area contributed by atoms with E-state index in [-0.39, 0.29) is 5.03 Å². The van der Waals surface area contributed by atoms with Gasteiger partial charge in [0.25, 0.3) is 15.9 Å². The number of aromatic nitrogens is 1. The van der Waals surface area contributed by atoms with E-state index in [1.807, 2.05) is 11.6 Å². The summed E-state index contributed by atoms with van der Waals surface area (Å²) in [6, 6.07) is 2.59. The van der Waals surface area contributed by atoms with Gasteiger partial charge >= 0.3 is 0 Å². The van der Waals surface area contributed by atoms with Crippen molar-refractivity contribution >= 4 is 15.9 Å². The van der Waals surface area contributed by atoms with Crippen LogP contribution in [-0.2, 0) is 14.8 Å². The van der Waals surface area contributed by atoms with Crippen molar-refractivity contribution in [3.05, 3.63) is 23.9 Å². The van der Waals surface area contributed by atoms with Crippen molar-refractivity contribution in [2.75, 3.05) is 6.54 Å². The van der Waals surface area contributed by atoms with Crippen LogP contribution in [0.5, 0.6) is 0 Å². The lowest BCUT2D eigenvalue weighted by Crippen LogP contribution is -2.43. The first kappa shape index (κ1) is 13.0. The van der Waals surface area contributed by atoms with E-state index < -0.39 is 22.0 Å². The molecule has 18 heavy (non-hydrogen) atoms. The van der Waals surface area contributed by atoms with Crippen molar-refractivity contribution in [3.63, 3.8) is 0 Å². The zero-order valence-corrected chi connectivity index (χ0v) is 10.8. The lowest BCUT2D eigenvalue weighted by atomic mass is 10.2. The van der Waals surface area contributed by atoms with Crippen LogP contribution in [0, 0.1) is 6.92 Å². The SMILES string of the molecule is Cc1ccc(S(=O)(=O)NC(=O)[C@@H]2CCCN2)nc1. The molecule has 2 rings (SSSR count). The largest absolute Gasteiger partial charge is 0.306 e. The molecule has 1 saturated heterocycles. The molecule has 0 unspecified atom stereocenters. The number of hydrogen-bond donors (Lipinski definition) is 2. The van der Waals surface area contributed by atoms with Gasteiger partial charge in [-0.3, -0.25) is 4.79 Å². The summed E-state index contributed by atoms with van der Waals surface area (Å²) in [5.74, 6) is -0.519. The molecule has 0 aliphatic carbocycles. The maximum atomic E-state index is 11.9. The van der Waals surface area contributed by atoms with Gasteiger partial charge < -0.3 is 5.32 Å². The molecule has 0 radical (unpaired) electrons. The second kappa shape index (κ2) is 5.03. The smallest absolute Gasteiger partial charge is 0.281 e. The first-order valence-corrected chi connectivity index (χ1v) is 7.20. The highest BCUT2D eigenvalue weighted by molar-refractivity contribution is 7.90. The van der Waals surface area contributed by atoms with E-state index in [9.17, 15) is 13.2 Å². The summed E-state index contributed by atoms with van der Waals surface area (Å²) in [4.78, 5) is 15.5. The predicted molar refractivity (Wildman–Crippen MR) is 65.3 cm³/mol. The topological polar surface area (TPSA) is 88.2 Å². The summed E-state index contributed by atoms with van der Waals surface area (Å²) in [5.41, 5.74) is 0.859.